The SMILES string of the molecule is CC1(C)CCC(CN2CCN(c3ccc(C(=O)NS(=O)(=O)c4ccc(NC[C@H]5CC[C@](C)(O)CC5)c([N+](=O)[O-])c4)c(Oc4cnc(N)c(Cl)c4)c3)CC2)=C(c2ccc(Cl)cc2)C1. The fourth-order valence-corrected chi connectivity index (χ4v) is 9.73. The molecule has 0 radical (unpaired) electrons. The van der Waals surface area contributed by atoms with E-state index in [-0.39, 0.29) is 44.9 Å². The van der Waals surface area contributed by atoms with E-state index in [4.69, 9.17) is 33.7 Å². The van der Waals surface area contributed by atoms with Crippen molar-refractivity contribution in [2.45, 2.75) is 76.2 Å². The molecule has 0 bridgehead atoms. The summed E-state index contributed by atoms with van der Waals surface area (Å²) in [6, 6.07) is 17.9. The molecule has 1 aliphatic heterocycles. The zero-order chi connectivity index (χ0) is 44.4. The van der Waals surface area contributed by atoms with Crippen molar-refractivity contribution in [3.05, 3.63) is 110 Å². The monoisotopic (exact) mass is 905 g/mol. The van der Waals surface area contributed by atoms with Gasteiger partial charge in [-0.15, -0.1) is 0 Å². The van der Waals surface area contributed by atoms with E-state index in [2.05, 4.69) is 50.8 Å². The van der Waals surface area contributed by atoms with Crippen molar-refractivity contribution in [2.75, 3.05) is 55.2 Å². The molecular weight excluding hydrogens is 854 g/mol. The molecule has 3 aliphatic rings. The van der Waals surface area contributed by atoms with Gasteiger partial charge in [0.1, 0.15) is 23.0 Å². The van der Waals surface area contributed by atoms with Gasteiger partial charge < -0.3 is 25.8 Å². The van der Waals surface area contributed by atoms with Crippen LogP contribution in [0.4, 0.5) is 22.9 Å². The number of ether oxygens (including phenoxy) is 1. The van der Waals surface area contributed by atoms with E-state index >= 15 is 0 Å². The van der Waals surface area contributed by atoms with E-state index in [1.54, 1.807) is 19.1 Å². The van der Waals surface area contributed by atoms with Crippen molar-refractivity contribution in [3.63, 3.8) is 0 Å². The molecule has 1 saturated carbocycles. The summed E-state index contributed by atoms with van der Waals surface area (Å²) in [6.07, 6.45) is 7.25. The largest absolute Gasteiger partial charge is 0.455 e. The van der Waals surface area contributed by atoms with E-state index in [1.165, 1.54) is 47.2 Å². The number of amides is 1. The van der Waals surface area contributed by atoms with Crippen LogP contribution in [-0.4, -0.2) is 79.1 Å². The second kappa shape index (κ2) is 18.4. The summed E-state index contributed by atoms with van der Waals surface area (Å²) in [4.78, 5) is 33.5. The van der Waals surface area contributed by atoms with Crippen molar-refractivity contribution >= 4 is 67.6 Å². The van der Waals surface area contributed by atoms with Gasteiger partial charge in [0.05, 0.1) is 32.2 Å². The number of carbonyl (C=O) groups is 1. The maximum atomic E-state index is 13.9. The number of aliphatic hydroxyl groups is 1. The number of anilines is 3. The van der Waals surface area contributed by atoms with E-state index < -0.39 is 37.0 Å². The van der Waals surface area contributed by atoms with Gasteiger partial charge in [-0.05, 0) is 111 Å². The summed E-state index contributed by atoms with van der Waals surface area (Å²) in [5.74, 6) is -0.527. The number of nitro benzene ring substituents is 1. The number of hydrogen-bond donors (Lipinski definition) is 4. The first-order valence-corrected chi connectivity index (χ1v) is 23.1. The highest BCUT2D eigenvalue weighted by Gasteiger charge is 2.32. The molecule has 2 heterocycles. The summed E-state index contributed by atoms with van der Waals surface area (Å²) in [5, 5.41) is 26.3. The normalized spacial score (nSPS) is 20.7. The average molecular weight is 907 g/mol. The topological polar surface area (TPSA) is 193 Å². The van der Waals surface area contributed by atoms with Gasteiger partial charge >= 0.3 is 0 Å². The predicted octanol–water partition coefficient (Wildman–Crippen LogP) is 8.93. The number of sulfonamides is 1. The molecule has 4 aromatic rings. The van der Waals surface area contributed by atoms with Crippen LogP contribution in [0, 0.1) is 21.4 Å². The molecule has 17 heteroatoms. The molecule has 0 atom stereocenters. The number of benzene rings is 3. The summed E-state index contributed by atoms with van der Waals surface area (Å²) < 4.78 is 35.5. The molecule has 330 valence electrons. The molecule has 62 heavy (non-hydrogen) atoms. The highest BCUT2D eigenvalue weighted by molar-refractivity contribution is 7.90. The number of halogens is 2. The lowest BCUT2D eigenvalue weighted by atomic mass is 9.72. The standard InChI is InChI=1S/C45H53Cl2N7O7S/c1-44(2)15-14-31(37(25-44)30-4-6-32(46)7-5-30)28-52-18-20-53(21-19-52)33-8-10-36(41(22-33)61-34-23-38(47)42(48)50-27-34)43(55)51-62(59,60)35-9-11-39(40(24-35)54(57)58)49-26-29-12-16-45(3,56)17-13-29/h4-11,22-24,27,29,49,56H,12-21,25-26,28H2,1-3H3,(H2,48,50)(H,51,55)/t29-,45-. The molecule has 1 saturated heterocycles. The van der Waals surface area contributed by atoms with E-state index in [9.17, 15) is 28.4 Å². The third-order valence-corrected chi connectivity index (χ3v) is 14.2. The van der Waals surface area contributed by atoms with Gasteiger partial charge in [-0.2, -0.15) is 0 Å². The van der Waals surface area contributed by atoms with Gasteiger partial charge in [-0.25, -0.2) is 18.1 Å². The number of nitrogens with two attached hydrogens (primary N) is 1. The second-order valence-electron chi connectivity index (χ2n) is 17.7. The number of hydrogen-bond acceptors (Lipinski definition) is 12. The third kappa shape index (κ3) is 11.0. The molecule has 0 unspecified atom stereocenters. The molecule has 2 fully saturated rings. The van der Waals surface area contributed by atoms with Gasteiger partial charge in [0.2, 0.25) is 0 Å². The van der Waals surface area contributed by atoms with Crippen LogP contribution in [0.2, 0.25) is 10.0 Å². The Balaban J connectivity index is 1.07. The van der Waals surface area contributed by atoms with Gasteiger partial charge in [0.25, 0.3) is 21.6 Å². The maximum Gasteiger partial charge on any atom is 0.293 e. The molecule has 1 aromatic heterocycles. The van der Waals surface area contributed by atoms with Crippen LogP contribution in [0.25, 0.3) is 5.57 Å². The molecule has 2 aliphatic carbocycles. The average Bonchev–Trinajstić information content (AvgIpc) is 3.22. The Labute approximate surface area is 372 Å². The fourth-order valence-electron chi connectivity index (χ4n) is 8.46. The van der Waals surface area contributed by atoms with E-state index in [1.807, 2.05) is 12.1 Å². The second-order valence-corrected chi connectivity index (χ2v) is 20.2. The van der Waals surface area contributed by atoms with Gasteiger partial charge in [-0.1, -0.05) is 54.8 Å². The van der Waals surface area contributed by atoms with Gasteiger partial charge in [0, 0.05) is 68.2 Å². The van der Waals surface area contributed by atoms with Gasteiger partial charge in [-0.3, -0.25) is 19.8 Å². The molecule has 5 N–H and O–H groups in total. The summed E-state index contributed by atoms with van der Waals surface area (Å²) in [5.41, 5.74) is 9.73. The van der Waals surface area contributed by atoms with Crippen LogP contribution < -0.4 is 25.4 Å². The predicted molar refractivity (Wildman–Crippen MR) is 244 cm³/mol. The number of nitrogens with zero attached hydrogens (tertiary/aromatic N) is 4. The van der Waals surface area contributed by atoms with Gasteiger partial charge in [0.15, 0.2) is 0 Å². The molecule has 3 aromatic carbocycles. The molecule has 1 amide bonds. The summed E-state index contributed by atoms with van der Waals surface area (Å²) in [6.45, 7) is 10.7. The van der Waals surface area contributed by atoms with Crippen molar-refractivity contribution in [3.8, 4) is 11.5 Å². The van der Waals surface area contributed by atoms with Crippen LogP contribution >= 0.6 is 23.2 Å². The molecule has 14 nitrogen and oxygen atoms in total. The Morgan fingerprint density at radius 3 is 2.39 bits per heavy atom. The number of carbonyl (C=O) groups excluding carboxylic acids is 1. The third-order valence-electron chi connectivity index (χ3n) is 12.3. The first kappa shape index (κ1) is 45.1. The van der Waals surface area contributed by atoms with Crippen molar-refractivity contribution in [1.29, 1.82) is 0 Å². The molecule has 0 spiro atoms. The van der Waals surface area contributed by atoms with Crippen LogP contribution in [0.5, 0.6) is 11.5 Å². The zero-order valence-electron chi connectivity index (χ0n) is 35.1. The lowest BCUT2D eigenvalue weighted by Gasteiger charge is -2.39. The number of rotatable bonds is 13. The van der Waals surface area contributed by atoms with Crippen LogP contribution in [0.3, 0.4) is 0 Å². The van der Waals surface area contributed by atoms with Crippen molar-refractivity contribution < 1.29 is 28.0 Å². The number of allylic oxidation sites excluding steroid dienone is 1. The minimum atomic E-state index is -4.60. The Morgan fingerprint density at radius 2 is 1.71 bits per heavy atom. The smallest absolute Gasteiger partial charge is 0.293 e. The van der Waals surface area contributed by atoms with Crippen LogP contribution in [-0.2, 0) is 10.0 Å². The Hall–Kier alpha value is -4.93. The zero-order valence-corrected chi connectivity index (χ0v) is 37.5. The minimum absolute atomic E-state index is 0.0394. The van der Waals surface area contributed by atoms with E-state index in [0.29, 0.717) is 37.5 Å². The molecular formula is C45H53Cl2N7O7S. The maximum absolute atomic E-state index is 13.9. The number of nitro groups is 1. The number of aromatic nitrogens is 1. The number of nitrogens with one attached hydrogen (secondary N) is 2. The summed E-state index contributed by atoms with van der Waals surface area (Å²) in [7, 11) is -4.60. The summed E-state index contributed by atoms with van der Waals surface area (Å²) >= 11 is 12.5. The Kier molecular flexibility index (Phi) is 13.4. The number of piperazine rings is 1. The minimum Gasteiger partial charge on any atom is -0.455 e. The van der Waals surface area contributed by atoms with Crippen molar-refractivity contribution in [1.82, 2.24) is 14.6 Å². The van der Waals surface area contributed by atoms with Crippen LogP contribution in [0.15, 0.2) is 83.4 Å². The highest BCUT2D eigenvalue weighted by Crippen LogP contribution is 2.44. The first-order valence-electron chi connectivity index (χ1n) is 20.8. The highest BCUT2D eigenvalue weighted by atomic mass is 35.5. The Morgan fingerprint density at radius 1 is 1.00 bits per heavy atom. The first-order chi connectivity index (χ1) is 29.3. The Bertz CT molecular complexity index is 2460. The fraction of sp³-hybridized carbons (Fsp3) is 0.422. The lowest BCUT2D eigenvalue weighted by Crippen LogP contribution is -2.47. The van der Waals surface area contributed by atoms with Crippen LogP contribution in [0.1, 0.15) is 81.6 Å². The lowest BCUT2D eigenvalue weighted by molar-refractivity contribution is -0.384. The quantitative estimate of drug-likeness (QED) is 0.0737. The van der Waals surface area contributed by atoms with E-state index in [0.717, 1.165) is 63.5 Å². The number of nitrogen functional groups attached to an aromatic ring is 1. The van der Waals surface area contributed by atoms with Crippen molar-refractivity contribution in [2.24, 2.45) is 11.3 Å². The molecule has 7 rings (SSSR count). The number of pyridine rings is 1.